The van der Waals surface area contributed by atoms with Gasteiger partial charge in [-0.2, -0.15) is 10.1 Å². The number of aryl methyl sites for hydroxylation is 1. The van der Waals surface area contributed by atoms with Crippen LogP contribution < -0.4 is 16.7 Å². The smallest absolute Gasteiger partial charge is 0.298 e. The van der Waals surface area contributed by atoms with Crippen molar-refractivity contribution in [2.45, 2.75) is 6.54 Å². The summed E-state index contributed by atoms with van der Waals surface area (Å²) in [6, 6.07) is 10.9. The predicted octanol–water partition coefficient (Wildman–Crippen LogP) is 1.97. The van der Waals surface area contributed by atoms with Crippen molar-refractivity contribution in [1.82, 2.24) is 24.1 Å². The number of H-pyrrole nitrogens is 1. The highest BCUT2D eigenvalue weighted by atomic mass is 35.5. The number of nitrogens with zero attached hydrogens (tertiary/aromatic N) is 5. The summed E-state index contributed by atoms with van der Waals surface area (Å²) in [5.74, 6) is 0.326. The third-order valence-electron chi connectivity index (χ3n) is 4.35. The Kier molecular flexibility index (Phi) is 4.96. The normalized spacial score (nSPS) is 11.4. The maximum absolute atomic E-state index is 12.5. The molecule has 10 heteroatoms. The molecule has 4 rings (SSSR count). The van der Waals surface area contributed by atoms with Crippen molar-refractivity contribution in [1.29, 1.82) is 0 Å². The molecule has 0 spiro atoms. The molecule has 0 saturated carbocycles. The minimum Gasteiger partial charge on any atom is -0.298 e. The third kappa shape index (κ3) is 3.81. The zero-order valence-corrected chi connectivity index (χ0v) is 16.1. The standard InChI is InChI=1S/C19H16ClN7O2/c1-26-16-15(17(28)24-19(26)29)27(11-13-2-4-14(20)5-3-13)18(23-16)25-22-10-12-6-8-21-9-7-12/h2-10H,11H2,1H3,(H,23,25)(H,24,28,29)/b22-10-. The van der Waals surface area contributed by atoms with E-state index in [1.54, 1.807) is 54.5 Å². The molecule has 29 heavy (non-hydrogen) atoms. The molecule has 0 aliphatic carbocycles. The van der Waals surface area contributed by atoms with E-state index in [0.717, 1.165) is 11.1 Å². The molecule has 0 fully saturated rings. The van der Waals surface area contributed by atoms with Crippen molar-refractivity contribution in [2.75, 3.05) is 5.43 Å². The topological polar surface area (TPSA) is 110 Å². The highest BCUT2D eigenvalue weighted by Crippen LogP contribution is 2.19. The minimum atomic E-state index is -0.537. The van der Waals surface area contributed by atoms with Gasteiger partial charge < -0.3 is 0 Å². The zero-order chi connectivity index (χ0) is 20.4. The molecule has 3 aromatic heterocycles. The first-order valence-electron chi connectivity index (χ1n) is 8.66. The van der Waals surface area contributed by atoms with E-state index in [4.69, 9.17) is 11.6 Å². The Hall–Kier alpha value is -3.72. The van der Waals surface area contributed by atoms with Crippen LogP contribution in [0.25, 0.3) is 11.2 Å². The Labute approximate surface area is 169 Å². The van der Waals surface area contributed by atoms with Crippen LogP contribution in [0.1, 0.15) is 11.1 Å². The summed E-state index contributed by atoms with van der Waals surface area (Å²) >= 11 is 5.96. The lowest BCUT2D eigenvalue weighted by Crippen LogP contribution is -2.29. The van der Waals surface area contributed by atoms with Crippen LogP contribution in [-0.2, 0) is 13.6 Å². The maximum atomic E-state index is 12.5. The van der Waals surface area contributed by atoms with E-state index in [1.165, 1.54) is 4.57 Å². The van der Waals surface area contributed by atoms with Crippen molar-refractivity contribution in [3.8, 4) is 0 Å². The summed E-state index contributed by atoms with van der Waals surface area (Å²) in [5, 5.41) is 4.81. The van der Waals surface area contributed by atoms with E-state index in [2.05, 4.69) is 25.5 Å². The second-order valence-corrected chi connectivity index (χ2v) is 6.73. The number of fused-ring (bicyclic) bond motifs is 1. The summed E-state index contributed by atoms with van der Waals surface area (Å²) in [4.78, 5) is 35.1. The Bertz CT molecular complexity index is 1300. The van der Waals surface area contributed by atoms with Crippen LogP contribution >= 0.6 is 11.6 Å². The van der Waals surface area contributed by atoms with Crippen molar-refractivity contribution in [2.24, 2.45) is 12.1 Å². The van der Waals surface area contributed by atoms with E-state index in [-0.39, 0.29) is 11.2 Å². The van der Waals surface area contributed by atoms with Crippen LogP contribution in [0.3, 0.4) is 0 Å². The second kappa shape index (κ2) is 7.72. The number of halogens is 1. The van der Waals surface area contributed by atoms with Gasteiger partial charge in [-0.25, -0.2) is 10.2 Å². The summed E-state index contributed by atoms with van der Waals surface area (Å²) < 4.78 is 2.95. The van der Waals surface area contributed by atoms with Gasteiger partial charge in [0.2, 0.25) is 5.95 Å². The molecule has 0 bridgehead atoms. The number of imidazole rings is 1. The van der Waals surface area contributed by atoms with Crippen molar-refractivity contribution in [3.05, 3.63) is 85.8 Å². The average molecular weight is 410 g/mol. The molecule has 9 nitrogen and oxygen atoms in total. The molecule has 0 radical (unpaired) electrons. The first-order valence-corrected chi connectivity index (χ1v) is 9.04. The number of hydrogen-bond donors (Lipinski definition) is 2. The van der Waals surface area contributed by atoms with Gasteiger partial charge in [0.1, 0.15) is 0 Å². The molecular formula is C19H16ClN7O2. The molecule has 0 saturated heterocycles. The number of benzene rings is 1. The molecule has 4 aromatic rings. The van der Waals surface area contributed by atoms with Gasteiger partial charge in [-0.15, -0.1) is 0 Å². The number of pyridine rings is 1. The molecule has 0 atom stereocenters. The lowest BCUT2D eigenvalue weighted by atomic mass is 10.2. The summed E-state index contributed by atoms with van der Waals surface area (Å²) in [7, 11) is 1.55. The summed E-state index contributed by atoms with van der Waals surface area (Å²) in [6.07, 6.45) is 4.93. The average Bonchev–Trinajstić information content (AvgIpc) is 3.08. The number of hydrogen-bond acceptors (Lipinski definition) is 6. The summed E-state index contributed by atoms with van der Waals surface area (Å²) in [5.41, 5.74) is 4.09. The van der Waals surface area contributed by atoms with E-state index >= 15 is 0 Å². The molecule has 0 amide bonds. The highest BCUT2D eigenvalue weighted by Gasteiger charge is 2.17. The van der Waals surface area contributed by atoms with Crippen LogP contribution in [0, 0.1) is 0 Å². The van der Waals surface area contributed by atoms with E-state index < -0.39 is 11.2 Å². The van der Waals surface area contributed by atoms with Gasteiger partial charge in [0.25, 0.3) is 5.56 Å². The largest absolute Gasteiger partial charge is 0.329 e. The fourth-order valence-electron chi connectivity index (χ4n) is 2.86. The van der Waals surface area contributed by atoms with Crippen molar-refractivity contribution < 1.29 is 0 Å². The molecule has 0 aliphatic heterocycles. The van der Waals surface area contributed by atoms with Gasteiger partial charge in [-0.05, 0) is 35.4 Å². The van der Waals surface area contributed by atoms with Gasteiger partial charge in [0, 0.05) is 24.5 Å². The van der Waals surface area contributed by atoms with Crippen molar-refractivity contribution in [3.63, 3.8) is 0 Å². The number of nitrogens with one attached hydrogen (secondary N) is 2. The first-order chi connectivity index (χ1) is 14.0. The number of aromatic nitrogens is 5. The molecule has 2 N–H and O–H groups in total. The van der Waals surface area contributed by atoms with Crippen LogP contribution in [0.15, 0.2) is 63.5 Å². The molecule has 0 aliphatic rings. The number of rotatable bonds is 5. The van der Waals surface area contributed by atoms with Gasteiger partial charge >= 0.3 is 5.69 Å². The predicted molar refractivity (Wildman–Crippen MR) is 112 cm³/mol. The lowest BCUT2D eigenvalue weighted by Gasteiger charge is -2.08. The summed E-state index contributed by atoms with van der Waals surface area (Å²) in [6.45, 7) is 0.335. The monoisotopic (exact) mass is 409 g/mol. The first kappa shape index (κ1) is 18.6. The fourth-order valence-corrected chi connectivity index (χ4v) is 2.99. The Balaban J connectivity index is 1.79. The fraction of sp³-hybridized carbons (Fsp3) is 0.105. The second-order valence-electron chi connectivity index (χ2n) is 6.29. The Morgan fingerprint density at radius 2 is 1.90 bits per heavy atom. The quantitative estimate of drug-likeness (QED) is 0.387. The SMILES string of the molecule is Cn1c(=O)[nH]c(=O)c2c1nc(N/N=C\c1ccncc1)n2Cc1ccc(Cl)cc1. The molecule has 1 aromatic carbocycles. The van der Waals surface area contributed by atoms with Gasteiger partial charge in [-0.1, -0.05) is 23.7 Å². The zero-order valence-electron chi connectivity index (χ0n) is 15.3. The number of aromatic amines is 1. The van der Waals surface area contributed by atoms with E-state index in [0.29, 0.717) is 17.5 Å². The molecular weight excluding hydrogens is 394 g/mol. The third-order valence-corrected chi connectivity index (χ3v) is 4.60. The Morgan fingerprint density at radius 1 is 1.17 bits per heavy atom. The Morgan fingerprint density at radius 3 is 2.62 bits per heavy atom. The van der Waals surface area contributed by atoms with Gasteiger partial charge in [0.15, 0.2) is 11.2 Å². The lowest BCUT2D eigenvalue weighted by molar-refractivity contribution is 0.808. The number of anilines is 1. The van der Waals surface area contributed by atoms with E-state index in [1.807, 2.05) is 12.1 Å². The molecule has 146 valence electrons. The minimum absolute atomic E-state index is 0.259. The van der Waals surface area contributed by atoms with Crippen LogP contribution in [0.4, 0.5) is 5.95 Å². The maximum Gasteiger partial charge on any atom is 0.329 e. The van der Waals surface area contributed by atoms with Gasteiger partial charge in [0.05, 0.1) is 12.8 Å². The highest BCUT2D eigenvalue weighted by molar-refractivity contribution is 6.30. The van der Waals surface area contributed by atoms with Crippen LogP contribution in [0.5, 0.6) is 0 Å². The van der Waals surface area contributed by atoms with Gasteiger partial charge in [-0.3, -0.25) is 23.9 Å². The number of hydrazone groups is 1. The molecule has 3 heterocycles. The van der Waals surface area contributed by atoms with Crippen molar-refractivity contribution >= 4 is 34.9 Å². The van der Waals surface area contributed by atoms with Crippen LogP contribution in [-0.4, -0.2) is 30.3 Å². The molecule has 0 unspecified atom stereocenters. The van der Waals surface area contributed by atoms with Crippen LogP contribution in [0.2, 0.25) is 5.02 Å². The van der Waals surface area contributed by atoms with E-state index in [9.17, 15) is 9.59 Å².